The highest BCUT2D eigenvalue weighted by Gasteiger charge is 2.17. The standard InChI is InChI=1S/C17H15ClN6O3S/c1-10-13(6-3-7-14(10)24(26)27)20-15(25)9-28-17-22-21-16(23(17)19)11-4-2-5-12(18)8-11/h2-8H,9,19H2,1H3,(H,20,25). The molecule has 3 aromatic rings. The Morgan fingerprint density at radius 1 is 1.32 bits per heavy atom. The molecule has 0 saturated carbocycles. The summed E-state index contributed by atoms with van der Waals surface area (Å²) < 4.78 is 1.28. The quantitative estimate of drug-likeness (QED) is 0.272. The fourth-order valence-electron chi connectivity index (χ4n) is 2.47. The van der Waals surface area contributed by atoms with Crippen LogP contribution in [0.4, 0.5) is 11.4 Å². The van der Waals surface area contributed by atoms with Crippen molar-refractivity contribution in [1.82, 2.24) is 14.9 Å². The zero-order chi connectivity index (χ0) is 20.3. The molecule has 0 radical (unpaired) electrons. The van der Waals surface area contributed by atoms with Crippen molar-refractivity contribution in [1.29, 1.82) is 0 Å². The normalized spacial score (nSPS) is 10.6. The summed E-state index contributed by atoms with van der Waals surface area (Å²) in [4.78, 5) is 22.7. The first-order chi connectivity index (χ1) is 13.4. The minimum Gasteiger partial charge on any atom is -0.335 e. The number of halogens is 1. The molecule has 1 amide bonds. The first kappa shape index (κ1) is 19.6. The number of nitrogens with two attached hydrogens (primary N) is 1. The van der Waals surface area contributed by atoms with Gasteiger partial charge in [-0.25, -0.2) is 4.68 Å². The highest BCUT2D eigenvalue weighted by atomic mass is 35.5. The van der Waals surface area contributed by atoms with Crippen molar-refractivity contribution >= 4 is 40.6 Å². The number of carbonyl (C=O) groups is 1. The molecule has 0 bridgehead atoms. The van der Waals surface area contributed by atoms with Gasteiger partial charge in [0.2, 0.25) is 11.1 Å². The molecule has 11 heteroatoms. The molecule has 0 aliphatic heterocycles. The van der Waals surface area contributed by atoms with Crippen LogP contribution in [-0.2, 0) is 4.79 Å². The highest BCUT2D eigenvalue weighted by Crippen LogP contribution is 2.26. The molecule has 9 nitrogen and oxygen atoms in total. The molecule has 0 atom stereocenters. The van der Waals surface area contributed by atoms with Gasteiger partial charge in [0.25, 0.3) is 5.69 Å². The zero-order valence-electron chi connectivity index (χ0n) is 14.6. The van der Waals surface area contributed by atoms with E-state index in [1.807, 2.05) is 0 Å². The molecular formula is C17H15ClN6O3S. The number of anilines is 1. The summed E-state index contributed by atoms with van der Waals surface area (Å²) in [7, 11) is 0. The monoisotopic (exact) mass is 418 g/mol. The number of amides is 1. The van der Waals surface area contributed by atoms with Crippen molar-refractivity contribution in [3.63, 3.8) is 0 Å². The summed E-state index contributed by atoms with van der Waals surface area (Å²) in [6.07, 6.45) is 0. The number of thioether (sulfide) groups is 1. The number of rotatable bonds is 6. The molecule has 0 fully saturated rings. The van der Waals surface area contributed by atoms with E-state index in [2.05, 4.69) is 15.5 Å². The predicted octanol–water partition coefficient (Wildman–Crippen LogP) is 3.26. The van der Waals surface area contributed by atoms with E-state index in [1.54, 1.807) is 37.3 Å². The minimum absolute atomic E-state index is 0.00696. The SMILES string of the molecule is Cc1c(NC(=O)CSc2nnc(-c3cccc(Cl)c3)n2N)cccc1[N+](=O)[O-]. The van der Waals surface area contributed by atoms with Gasteiger partial charge in [-0.1, -0.05) is 41.6 Å². The molecule has 3 rings (SSSR count). The van der Waals surface area contributed by atoms with Gasteiger partial charge in [0.15, 0.2) is 5.82 Å². The van der Waals surface area contributed by atoms with E-state index < -0.39 is 4.92 Å². The van der Waals surface area contributed by atoms with Gasteiger partial charge >= 0.3 is 0 Å². The number of nitro benzene ring substituents is 1. The maximum atomic E-state index is 12.2. The average Bonchev–Trinajstić information content (AvgIpc) is 3.02. The third kappa shape index (κ3) is 4.24. The second-order valence-corrected chi connectivity index (χ2v) is 7.11. The second kappa shape index (κ2) is 8.28. The van der Waals surface area contributed by atoms with E-state index in [1.165, 1.54) is 16.8 Å². The van der Waals surface area contributed by atoms with Crippen molar-refractivity contribution in [3.8, 4) is 11.4 Å². The van der Waals surface area contributed by atoms with Gasteiger partial charge in [0, 0.05) is 16.7 Å². The number of nitro groups is 1. The number of nitrogen functional groups attached to an aromatic ring is 1. The first-order valence-corrected chi connectivity index (χ1v) is 9.36. The van der Waals surface area contributed by atoms with Crippen LogP contribution in [0.15, 0.2) is 47.6 Å². The van der Waals surface area contributed by atoms with Gasteiger partial charge in [0.05, 0.1) is 21.9 Å². The van der Waals surface area contributed by atoms with Crippen LogP contribution in [-0.4, -0.2) is 31.5 Å². The maximum Gasteiger partial charge on any atom is 0.274 e. The molecule has 0 aliphatic rings. The van der Waals surface area contributed by atoms with Gasteiger partial charge in [-0.15, -0.1) is 10.2 Å². The Kier molecular flexibility index (Phi) is 5.81. The van der Waals surface area contributed by atoms with Crippen molar-refractivity contribution in [2.24, 2.45) is 0 Å². The van der Waals surface area contributed by atoms with Crippen LogP contribution in [0, 0.1) is 17.0 Å². The maximum absolute atomic E-state index is 12.2. The van der Waals surface area contributed by atoms with Crippen LogP contribution in [0.5, 0.6) is 0 Å². The summed E-state index contributed by atoms with van der Waals surface area (Å²) in [5.41, 5.74) is 1.41. The smallest absolute Gasteiger partial charge is 0.274 e. The minimum atomic E-state index is -0.492. The zero-order valence-corrected chi connectivity index (χ0v) is 16.2. The topological polar surface area (TPSA) is 129 Å². The largest absolute Gasteiger partial charge is 0.335 e. The molecule has 144 valence electrons. The Labute approximate surface area is 169 Å². The number of nitrogens with one attached hydrogen (secondary N) is 1. The number of hydrogen-bond donors (Lipinski definition) is 2. The number of benzene rings is 2. The Morgan fingerprint density at radius 2 is 2.07 bits per heavy atom. The molecule has 2 aromatic carbocycles. The van der Waals surface area contributed by atoms with Gasteiger partial charge in [0.1, 0.15) is 0 Å². The van der Waals surface area contributed by atoms with Crippen LogP contribution < -0.4 is 11.2 Å². The molecule has 0 aliphatic carbocycles. The van der Waals surface area contributed by atoms with Gasteiger partial charge in [-0.2, -0.15) is 0 Å². The molecule has 0 unspecified atom stereocenters. The lowest BCUT2D eigenvalue weighted by atomic mass is 10.1. The van der Waals surface area contributed by atoms with Crippen LogP contribution in [0.25, 0.3) is 11.4 Å². The van der Waals surface area contributed by atoms with Crippen LogP contribution >= 0.6 is 23.4 Å². The van der Waals surface area contributed by atoms with Crippen molar-refractivity contribution in [3.05, 3.63) is 63.2 Å². The number of hydrogen-bond acceptors (Lipinski definition) is 7. The van der Waals surface area contributed by atoms with E-state index in [4.69, 9.17) is 17.4 Å². The number of carbonyl (C=O) groups excluding carboxylic acids is 1. The Balaban J connectivity index is 1.68. The van der Waals surface area contributed by atoms with Gasteiger partial charge < -0.3 is 11.2 Å². The lowest BCUT2D eigenvalue weighted by Crippen LogP contribution is -2.17. The predicted molar refractivity (Wildman–Crippen MR) is 108 cm³/mol. The summed E-state index contributed by atoms with van der Waals surface area (Å²) >= 11 is 7.07. The molecule has 1 heterocycles. The molecule has 0 saturated heterocycles. The Morgan fingerprint density at radius 3 is 2.79 bits per heavy atom. The lowest BCUT2D eigenvalue weighted by molar-refractivity contribution is -0.385. The highest BCUT2D eigenvalue weighted by molar-refractivity contribution is 7.99. The van der Waals surface area contributed by atoms with E-state index in [0.717, 1.165) is 11.8 Å². The van der Waals surface area contributed by atoms with Crippen LogP contribution in [0.3, 0.4) is 0 Å². The summed E-state index contributed by atoms with van der Waals surface area (Å²) in [5, 5.41) is 22.6. The first-order valence-electron chi connectivity index (χ1n) is 8.00. The molecule has 28 heavy (non-hydrogen) atoms. The summed E-state index contributed by atoms with van der Waals surface area (Å²) in [6, 6.07) is 11.5. The molecule has 0 spiro atoms. The number of nitrogens with zero attached hydrogens (tertiary/aromatic N) is 4. The summed E-state index contributed by atoms with van der Waals surface area (Å²) in [6.45, 7) is 1.58. The van der Waals surface area contributed by atoms with Gasteiger partial charge in [-0.05, 0) is 25.1 Å². The second-order valence-electron chi connectivity index (χ2n) is 5.73. The molecular weight excluding hydrogens is 404 g/mol. The van der Waals surface area contributed by atoms with E-state index in [0.29, 0.717) is 32.8 Å². The van der Waals surface area contributed by atoms with E-state index in [9.17, 15) is 14.9 Å². The van der Waals surface area contributed by atoms with Gasteiger partial charge in [-0.3, -0.25) is 14.9 Å². The van der Waals surface area contributed by atoms with E-state index in [-0.39, 0.29) is 17.3 Å². The van der Waals surface area contributed by atoms with Crippen LogP contribution in [0.1, 0.15) is 5.56 Å². The average molecular weight is 419 g/mol. The molecule has 1 aromatic heterocycles. The summed E-state index contributed by atoms with van der Waals surface area (Å²) in [5.74, 6) is 6.10. The Bertz CT molecular complexity index is 1060. The fraction of sp³-hybridized carbons (Fsp3) is 0.118. The fourth-order valence-corrected chi connectivity index (χ4v) is 3.32. The van der Waals surface area contributed by atoms with E-state index >= 15 is 0 Å². The third-order valence-electron chi connectivity index (χ3n) is 3.86. The Hall–Kier alpha value is -3.11. The lowest BCUT2D eigenvalue weighted by Gasteiger charge is -2.08. The van der Waals surface area contributed by atoms with Crippen molar-refractivity contribution in [2.75, 3.05) is 16.9 Å². The van der Waals surface area contributed by atoms with Crippen molar-refractivity contribution in [2.45, 2.75) is 12.1 Å². The van der Waals surface area contributed by atoms with Crippen LogP contribution in [0.2, 0.25) is 5.02 Å². The third-order valence-corrected chi connectivity index (χ3v) is 5.03. The van der Waals surface area contributed by atoms with Crippen molar-refractivity contribution < 1.29 is 9.72 Å². The number of aromatic nitrogens is 3. The molecule has 3 N–H and O–H groups in total.